The van der Waals surface area contributed by atoms with Gasteiger partial charge in [-0.05, 0) is 0 Å². The molecule has 0 saturated carbocycles. The van der Waals surface area contributed by atoms with E-state index in [-0.39, 0.29) is 21.5 Å². The van der Waals surface area contributed by atoms with Crippen LogP contribution < -0.4 is 0 Å². The number of hydrogen-bond acceptors (Lipinski definition) is 3. The van der Waals surface area contributed by atoms with Crippen LogP contribution in [0.2, 0.25) is 0 Å². The van der Waals surface area contributed by atoms with E-state index in [4.69, 9.17) is 15.3 Å². The molecule has 0 spiro atoms. The summed E-state index contributed by atoms with van der Waals surface area (Å²) < 4.78 is 0. The van der Waals surface area contributed by atoms with Gasteiger partial charge in [0.1, 0.15) is 5.34 Å². The Kier molecular flexibility index (Phi) is 4.05. The van der Waals surface area contributed by atoms with Gasteiger partial charge in [0, 0.05) is 0 Å². The molecule has 0 aromatic rings. The molecule has 0 heterocycles. The minimum atomic E-state index is -1.27. The molecule has 3 N–H and O–H groups in total. The second-order valence-corrected chi connectivity index (χ2v) is 3.58. The van der Waals surface area contributed by atoms with E-state index in [1.165, 1.54) is 0 Å². The zero-order chi connectivity index (χ0) is 6.62. The number of aliphatic hydroxyl groups is 3. The Labute approximate surface area is 52.0 Å². The molecular weight excluding hydrogens is 146 g/mol. The summed E-state index contributed by atoms with van der Waals surface area (Å²) >= 11 is 0. The summed E-state index contributed by atoms with van der Waals surface area (Å²) in [7, 11) is 2.35. The summed E-state index contributed by atoms with van der Waals surface area (Å²) in [6, 6.07) is 0. The molecule has 0 saturated heterocycles. The van der Waals surface area contributed by atoms with Crippen molar-refractivity contribution < 1.29 is 15.3 Å². The van der Waals surface area contributed by atoms with Crippen molar-refractivity contribution in [2.75, 3.05) is 13.2 Å². The van der Waals surface area contributed by atoms with Gasteiger partial charge in [0.2, 0.25) is 0 Å². The van der Waals surface area contributed by atoms with Gasteiger partial charge >= 0.3 is 0 Å². The van der Waals surface area contributed by atoms with Gasteiger partial charge < -0.3 is 15.3 Å². The molecule has 2 unspecified atom stereocenters. The van der Waals surface area contributed by atoms with E-state index in [1.807, 2.05) is 0 Å². The topological polar surface area (TPSA) is 60.7 Å². The van der Waals surface area contributed by atoms with Gasteiger partial charge in [-0.25, -0.2) is 0 Å². The van der Waals surface area contributed by atoms with Crippen LogP contribution in [0.25, 0.3) is 0 Å². The van der Waals surface area contributed by atoms with Crippen LogP contribution in [0.3, 0.4) is 0 Å². The molecule has 0 rings (SSSR count). The lowest BCUT2D eigenvalue weighted by Crippen LogP contribution is -2.30. The van der Waals surface area contributed by atoms with E-state index < -0.39 is 5.34 Å². The maximum atomic E-state index is 8.93. The minimum Gasteiger partial charge on any atom is -0.393 e. The van der Waals surface area contributed by atoms with Crippen LogP contribution in [0.5, 0.6) is 0 Å². The smallest absolute Gasteiger partial charge is 0.130 e. The van der Waals surface area contributed by atoms with Gasteiger partial charge in [0.25, 0.3) is 0 Å². The Hall–Kier alpha value is 0.740. The lowest BCUT2D eigenvalue weighted by Gasteiger charge is -2.19. The quantitative estimate of drug-likeness (QED) is 0.465. The van der Waals surface area contributed by atoms with Gasteiger partial charge in [-0.3, -0.25) is 0 Å². The Morgan fingerprint density at radius 1 is 1.38 bits per heavy atom. The van der Waals surface area contributed by atoms with Crippen molar-refractivity contribution in [1.29, 1.82) is 0 Å². The molecule has 0 amide bonds. The number of rotatable bonds is 3. The molecule has 0 aromatic heterocycles. The second kappa shape index (κ2) is 3.71. The highest BCUT2D eigenvalue weighted by atomic mass is 32.0. The highest BCUT2D eigenvalue weighted by Gasteiger charge is 2.21. The predicted octanol–water partition coefficient (Wildman–Crippen LogP) is -0.872. The summed E-state index contributed by atoms with van der Waals surface area (Å²) in [5, 5.41) is 24.4. The fourth-order valence-electron chi connectivity index (χ4n) is 0.141. The van der Waals surface area contributed by atoms with Crippen LogP contribution in [-0.2, 0) is 0 Å². The lowest BCUT2D eigenvalue weighted by molar-refractivity contribution is 0.0155. The van der Waals surface area contributed by atoms with Crippen molar-refractivity contribution >= 4 is 17.2 Å². The zero-order valence-corrected chi connectivity index (χ0v) is 6.49. The standard InChI is InChI=1S/C3H10O3P2/c4-1-3(6,2-5)8-7/h4-6,8H,1-2,7H2. The Balaban J connectivity index is 3.58. The van der Waals surface area contributed by atoms with Gasteiger partial charge in [0.15, 0.2) is 0 Å². The van der Waals surface area contributed by atoms with E-state index in [0.717, 1.165) is 0 Å². The maximum Gasteiger partial charge on any atom is 0.130 e. The average molecular weight is 156 g/mol. The Morgan fingerprint density at radius 2 is 1.75 bits per heavy atom. The Morgan fingerprint density at radius 3 is 1.75 bits per heavy atom. The first-order valence-corrected chi connectivity index (χ1v) is 4.91. The summed E-state index contributed by atoms with van der Waals surface area (Å²) in [4.78, 5) is 0. The van der Waals surface area contributed by atoms with Gasteiger partial charge in [0.05, 0.1) is 13.2 Å². The van der Waals surface area contributed by atoms with Crippen LogP contribution in [0.1, 0.15) is 0 Å². The van der Waals surface area contributed by atoms with Crippen LogP contribution in [-0.4, -0.2) is 33.9 Å². The summed E-state index contributed by atoms with van der Waals surface area (Å²) in [6.07, 6.45) is 0. The van der Waals surface area contributed by atoms with Crippen LogP contribution >= 0.6 is 17.2 Å². The third-order valence-corrected chi connectivity index (χ3v) is 3.26. The fourth-order valence-corrected chi connectivity index (χ4v) is 0.872. The molecule has 0 aromatic carbocycles. The monoisotopic (exact) mass is 156 g/mol. The van der Waals surface area contributed by atoms with Crippen molar-refractivity contribution in [2.24, 2.45) is 0 Å². The molecule has 5 heteroatoms. The highest BCUT2D eigenvalue weighted by Crippen LogP contribution is 2.34. The highest BCUT2D eigenvalue weighted by molar-refractivity contribution is 8.03. The average Bonchev–Trinajstić information content (AvgIpc) is 1.87. The molecule has 0 aliphatic carbocycles. The van der Waals surface area contributed by atoms with E-state index in [2.05, 4.69) is 8.93 Å². The summed E-state index contributed by atoms with van der Waals surface area (Å²) in [5.74, 6) is 0. The fraction of sp³-hybridized carbons (Fsp3) is 1.00. The third-order valence-electron chi connectivity index (χ3n) is 0.792. The SMILES string of the molecule is OCC(O)(CO)PP. The van der Waals surface area contributed by atoms with Gasteiger partial charge in [-0.15, -0.1) is 8.93 Å². The van der Waals surface area contributed by atoms with Crippen molar-refractivity contribution in [3.05, 3.63) is 0 Å². The van der Waals surface area contributed by atoms with Gasteiger partial charge in [-0.1, -0.05) is 8.27 Å². The summed E-state index contributed by atoms with van der Waals surface area (Å²) in [6.45, 7) is -0.767. The molecule has 2 atom stereocenters. The van der Waals surface area contributed by atoms with Crippen molar-refractivity contribution in [1.82, 2.24) is 0 Å². The van der Waals surface area contributed by atoms with E-state index in [9.17, 15) is 0 Å². The molecule has 0 fully saturated rings. The first-order chi connectivity index (χ1) is 3.68. The normalized spacial score (nSPS) is 13.5. The first-order valence-electron chi connectivity index (χ1n) is 2.10. The van der Waals surface area contributed by atoms with Crippen molar-refractivity contribution in [3.63, 3.8) is 0 Å². The molecule has 0 bridgehead atoms. The van der Waals surface area contributed by atoms with Crippen LogP contribution in [0.15, 0.2) is 0 Å². The molecular formula is C3H10O3P2. The third kappa shape index (κ3) is 2.34. The van der Waals surface area contributed by atoms with Crippen molar-refractivity contribution in [2.45, 2.75) is 5.34 Å². The zero-order valence-electron chi connectivity index (χ0n) is 4.33. The molecule has 0 aliphatic heterocycles. The number of aliphatic hydroxyl groups excluding tert-OH is 2. The minimum absolute atomic E-state index is 0.0741. The Bertz CT molecular complexity index is 55.3. The van der Waals surface area contributed by atoms with E-state index >= 15 is 0 Å². The van der Waals surface area contributed by atoms with Crippen LogP contribution in [0.4, 0.5) is 0 Å². The summed E-state index contributed by atoms with van der Waals surface area (Å²) in [5.41, 5.74) is 0. The van der Waals surface area contributed by atoms with E-state index in [1.54, 1.807) is 0 Å². The number of hydrogen-bond donors (Lipinski definition) is 3. The van der Waals surface area contributed by atoms with Crippen molar-refractivity contribution in [3.8, 4) is 0 Å². The molecule has 0 aliphatic rings. The van der Waals surface area contributed by atoms with E-state index in [0.29, 0.717) is 0 Å². The predicted molar refractivity (Wildman–Crippen MR) is 37.1 cm³/mol. The maximum absolute atomic E-state index is 8.93. The van der Waals surface area contributed by atoms with Crippen LogP contribution in [0, 0.1) is 0 Å². The molecule has 0 radical (unpaired) electrons. The molecule has 50 valence electrons. The molecule has 8 heavy (non-hydrogen) atoms. The van der Waals surface area contributed by atoms with Gasteiger partial charge in [-0.2, -0.15) is 0 Å². The molecule has 3 nitrogen and oxygen atoms in total. The second-order valence-electron chi connectivity index (χ2n) is 1.49. The largest absolute Gasteiger partial charge is 0.393 e. The lowest BCUT2D eigenvalue weighted by atomic mass is 10.4. The first kappa shape index (κ1) is 8.74.